The maximum Gasteiger partial charge on any atom is 0.109 e. The molecule has 3 rings (SSSR count). The third kappa shape index (κ3) is 1.91. The minimum absolute atomic E-state index is 0.590. The number of nitrogens with two attached hydrogens (primary N) is 1. The molecular weight excluding hydrogens is 234 g/mol. The number of nitrogens with zero attached hydrogens (tertiary/aromatic N) is 1. The fourth-order valence-corrected chi connectivity index (χ4v) is 2.20. The summed E-state index contributed by atoms with van der Waals surface area (Å²) in [5, 5.41) is 0.590. The van der Waals surface area contributed by atoms with E-state index in [0.717, 1.165) is 17.1 Å². The zero-order chi connectivity index (χ0) is 11.8. The number of anilines is 1. The fraction of sp³-hybridized carbons (Fsp3) is 0.308. The van der Waals surface area contributed by atoms with Gasteiger partial charge in [0.1, 0.15) is 5.82 Å². The van der Waals surface area contributed by atoms with Gasteiger partial charge in [0.25, 0.3) is 0 Å². The Morgan fingerprint density at radius 2 is 2.18 bits per heavy atom. The number of aromatic nitrogens is 2. The van der Waals surface area contributed by atoms with Crippen LogP contribution in [0.3, 0.4) is 0 Å². The quantitative estimate of drug-likeness (QED) is 0.797. The summed E-state index contributed by atoms with van der Waals surface area (Å²) in [6.45, 7) is 0. The average molecular weight is 248 g/mol. The lowest BCUT2D eigenvalue weighted by Crippen LogP contribution is -2.10. The van der Waals surface area contributed by atoms with Gasteiger partial charge >= 0.3 is 0 Å². The van der Waals surface area contributed by atoms with Crippen LogP contribution in [0.2, 0.25) is 5.02 Å². The summed E-state index contributed by atoms with van der Waals surface area (Å²) in [7, 11) is 0. The van der Waals surface area contributed by atoms with Crippen molar-refractivity contribution in [3.63, 3.8) is 0 Å². The van der Waals surface area contributed by atoms with E-state index in [1.54, 1.807) is 0 Å². The van der Waals surface area contributed by atoms with Crippen LogP contribution < -0.4 is 5.73 Å². The number of aromatic amines is 1. The van der Waals surface area contributed by atoms with E-state index >= 15 is 0 Å². The zero-order valence-electron chi connectivity index (χ0n) is 9.41. The van der Waals surface area contributed by atoms with Gasteiger partial charge < -0.3 is 10.7 Å². The molecule has 0 aliphatic heterocycles. The Morgan fingerprint density at radius 3 is 2.82 bits per heavy atom. The van der Waals surface area contributed by atoms with Gasteiger partial charge in [-0.25, -0.2) is 4.98 Å². The van der Waals surface area contributed by atoms with Crippen LogP contribution in [0.5, 0.6) is 0 Å². The highest BCUT2D eigenvalue weighted by atomic mass is 35.5. The molecule has 0 atom stereocenters. The van der Waals surface area contributed by atoms with Gasteiger partial charge in [-0.1, -0.05) is 24.1 Å². The first-order valence-electron chi connectivity index (χ1n) is 5.84. The fourth-order valence-electron chi connectivity index (χ4n) is 2.08. The molecule has 3 N–H and O–H groups in total. The van der Waals surface area contributed by atoms with Gasteiger partial charge in [0, 0.05) is 11.5 Å². The van der Waals surface area contributed by atoms with Gasteiger partial charge in [0.2, 0.25) is 0 Å². The lowest BCUT2D eigenvalue weighted by Gasteiger charge is -2.22. The van der Waals surface area contributed by atoms with Crippen molar-refractivity contribution in [1.29, 1.82) is 0 Å². The molecule has 1 heterocycles. The second kappa shape index (κ2) is 4.08. The van der Waals surface area contributed by atoms with E-state index in [9.17, 15) is 0 Å². The Morgan fingerprint density at radius 1 is 1.35 bits per heavy atom. The highest BCUT2D eigenvalue weighted by Gasteiger charge is 2.22. The van der Waals surface area contributed by atoms with Crippen LogP contribution in [0.25, 0.3) is 11.3 Å². The summed E-state index contributed by atoms with van der Waals surface area (Å²) in [5.41, 5.74) is 8.44. The predicted octanol–water partition coefficient (Wildman–Crippen LogP) is 3.58. The van der Waals surface area contributed by atoms with Crippen molar-refractivity contribution in [3.05, 3.63) is 35.2 Å². The van der Waals surface area contributed by atoms with Crippen molar-refractivity contribution in [2.24, 2.45) is 0 Å². The lowest BCUT2D eigenvalue weighted by atomic mass is 9.85. The predicted molar refractivity (Wildman–Crippen MR) is 70.0 cm³/mol. The van der Waals surface area contributed by atoms with Crippen LogP contribution in [0.4, 0.5) is 5.69 Å². The first-order valence-corrected chi connectivity index (χ1v) is 6.22. The molecule has 17 heavy (non-hydrogen) atoms. The molecule has 1 aromatic heterocycles. The van der Waals surface area contributed by atoms with Crippen LogP contribution in [-0.4, -0.2) is 9.97 Å². The van der Waals surface area contributed by atoms with E-state index in [-0.39, 0.29) is 0 Å². The maximum atomic E-state index is 5.90. The molecule has 1 aliphatic carbocycles. The van der Waals surface area contributed by atoms with Crippen LogP contribution in [-0.2, 0) is 0 Å². The summed E-state index contributed by atoms with van der Waals surface area (Å²) in [5.74, 6) is 1.72. The highest BCUT2D eigenvalue weighted by Crippen LogP contribution is 2.35. The number of halogens is 1. The zero-order valence-corrected chi connectivity index (χ0v) is 10.2. The molecule has 0 radical (unpaired) electrons. The van der Waals surface area contributed by atoms with E-state index in [1.165, 1.54) is 19.3 Å². The summed E-state index contributed by atoms with van der Waals surface area (Å²) in [6.07, 6.45) is 5.68. The van der Waals surface area contributed by atoms with Crippen molar-refractivity contribution < 1.29 is 0 Å². The molecule has 0 spiro atoms. The van der Waals surface area contributed by atoms with Gasteiger partial charge in [-0.2, -0.15) is 0 Å². The lowest BCUT2D eigenvalue weighted by molar-refractivity contribution is 0.404. The van der Waals surface area contributed by atoms with E-state index in [4.69, 9.17) is 17.3 Å². The summed E-state index contributed by atoms with van der Waals surface area (Å²) >= 11 is 5.90. The number of rotatable bonds is 2. The van der Waals surface area contributed by atoms with Crippen molar-refractivity contribution >= 4 is 17.3 Å². The molecule has 0 unspecified atom stereocenters. The van der Waals surface area contributed by atoms with Crippen LogP contribution in [0.1, 0.15) is 31.0 Å². The number of benzene rings is 1. The minimum Gasteiger partial charge on any atom is -0.398 e. The minimum atomic E-state index is 0.590. The Kier molecular flexibility index (Phi) is 2.56. The SMILES string of the molecule is Nc1cc(-c2cnc(C3CCC3)[nH]2)ccc1Cl. The summed E-state index contributed by atoms with van der Waals surface area (Å²) in [6, 6.07) is 5.65. The smallest absolute Gasteiger partial charge is 0.109 e. The number of imidazole rings is 1. The average Bonchev–Trinajstić information content (AvgIpc) is 2.69. The molecular formula is C13H14ClN3. The molecule has 0 bridgehead atoms. The second-order valence-corrected chi connectivity index (χ2v) is 4.95. The summed E-state index contributed by atoms with van der Waals surface area (Å²) in [4.78, 5) is 7.81. The number of hydrogen-bond acceptors (Lipinski definition) is 2. The van der Waals surface area contributed by atoms with E-state index in [1.807, 2.05) is 24.4 Å². The summed E-state index contributed by atoms with van der Waals surface area (Å²) < 4.78 is 0. The third-order valence-corrected chi connectivity index (χ3v) is 3.74. The van der Waals surface area contributed by atoms with Gasteiger partial charge in [-0.05, 0) is 25.0 Å². The van der Waals surface area contributed by atoms with Crippen molar-refractivity contribution in [1.82, 2.24) is 9.97 Å². The van der Waals surface area contributed by atoms with Gasteiger partial charge in [-0.3, -0.25) is 0 Å². The van der Waals surface area contributed by atoms with Gasteiger partial charge in [0.15, 0.2) is 0 Å². The Balaban J connectivity index is 1.92. The van der Waals surface area contributed by atoms with Gasteiger partial charge in [-0.15, -0.1) is 0 Å². The number of hydrogen-bond donors (Lipinski definition) is 2. The molecule has 2 aromatic rings. The Bertz CT molecular complexity index is 543. The normalized spacial score (nSPS) is 15.8. The van der Waals surface area contributed by atoms with Gasteiger partial charge in [0.05, 0.1) is 22.6 Å². The molecule has 0 amide bonds. The Labute approximate surface area is 105 Å². The Hall–Kier alpha value is -1.48. The first-order chi connectivity index (χ1) is 8.24. The number of H-pyrrole nitrogens is 1. The number of nitrogen functional groups attached to an aromatic ring is 1. The molecule has 4 heteroatoms. The molecule has 1 saturated carbocycles. The molecule has 3 nitrogen and oxygen atoms in total. The van der Waals surface area contributed by atoms with E-state index in [0.29, 0.717) is 16.6 Å². The first kappa shape index (κ1) is 10.7. The molecule has 1 aromatic carbocycles. The van der Waals surface area contributed by atoms with E-state index < -0.39 is 0 Å². The largest absolute Gasteiger partial charge is 0.398 e. The topological polar surface area (TPSA) is 54.7 Å². The monoisotopic (exact) mass is 247 g/mol. The molecule has 0 saturated heterocycles. The van der Waals surface area contributed by atoms with Crippen molar-refractivity contribution in [2.45, 2.75) is 25.2 Å². The highest BCUT2D eigenvalue weighted by molar-refractivity contribution is 6.33. The third-order valence-electron chi connectivity index (χ3n) is 3.39. The standard InChI is InChI=1S/C13H14ClN3/c14-10-5-4-9(6-11(10)15)12-7-16-13(17-12)8-2-1-3-8/h4-8H,1-3,15H2,(H,16,17). The van der Waals surface area contributed by atoms with Crippen LogP contribution >= 0.6 is 11.6 Å². The van der Waals surface area contributed by atoms with E-state index in [2.05, 4.69) is 9.97 Å². The number of nitrogens with one attached hydrogen (secondary N) is 1. The van der Waals surface area contributed by atoms with Crippen LogP contribution in [0, 0.1) is 0 Å². The molecule has 1 fully saturated rings. The van der Waals surface area contributed by atoms with Crippen LogP contribution in [0.15, 0.2) is 24.4 Å². The van der Waals surface area contributed by atoms with Crippen molar-refractivity contribution in [3.8, 4) is 11.3 Å². The second-order valence-electron chi connectivity index (χ2n) is 4.55. The van der Waals surface area contributed by atoms with Crippen molar-refractivity contribution in [2.75, 3.05) is 5.73 Å². The molecule has 1 aliphatic rings. The molecule has 88 valence electrons. The maximum absolute atomic E-state index is 5.90.